The summed E-state index contributed by atoms with van der Waals surface area (Å²) in [5.74, 6) is -0.0813. The van der Waals surface area contributed by atoms with Gasteiger partial charge in [0, 0.05) is 21.3 Å². The van der Waals surface area contributed by atoms with E-state index < -0.39 is 5.60 Å². The number of aromatic nitrogens is 1. The second-order valence-electron chi connectivity index (χ2n) is 9.10. The van der Waals surface area contributed by atoms with E-state index in [1.807, 2.05) is 36.4 Å². The third-order valence-corrected chi connectivity index (χ3v) is 7.16. The molecule has 0 saturated heterocycles. The summed E-state index contributed by atoms with van der Waals surface area (Å²) >= 11 is 3.57. The van der Waals surface area contributed by atoms with E-state index in [1.165, 1.54) is 12.1 Å². The summed E-state index contributed by atoms with van der Waals surface area (Å²) in [6.07, 6.45) is 3.65. The fraction of sp³-hybridized carbons (Fsp3) is 0.300. The highest BCUT2D eigenvalue weighted by Crippen LogP contribution is 2.45. The van der Waals surface area contributed by atoms with Crippen molar-refractivity contribution in [1.29, 1.82) is 0 Å². The van der Waals surface area contributed by atoms with Crippen LogP contribution in [0.3, 0.4) is 0 Å². The molecule has 0 radical (unpaired) electrons. The number of methoxy groups -OCH3 is 1. The number of nitrogens with zero attached hydrogens (tertiary/aromatic N) is 1. The van der Waals surface area contributed by atoms with Gasteiger partial charge in [0.1, 0.15) is 5.82 Å². The Morgan fingerprint density at radius 3 is 2.43 bits per heavy atom. The van der Waals surface area contributed by atoms with Gasteiger partial charge in [0.05, 0.1) is 18.2 Å². The van der Waals surface area contributed by atoms with Crippen LogP contribution in [-0.2, 0) is 6.42 Å². The van der Waals surface area contributed by atoms with E-state index in [4.69, 9.17) is 9.72 Å². The van der Waals surface area contributed by atoms with Gasteiger partial charge in [-0.3, -0.25) is 0 Å². The van der Waals surface area contributed by atoms with Crippen LogP contribution >= 0.6 is 15.9 Å². The van der Waals surface area contributed by atoms with E-state index in [1.54, 1.807) is 19.2 Å². The Kier molecular flexibility index (Phi) is 8.19. The lowest BCUT2D eigenvalue weighted by atomic mass is 9.72. The normalized spacial score (nSPS) is 14.0. The highest BCUT2D eigenvalue weighted by molar-refractivity contribution is 9.10. The Morgan fingerprint density at radius 2 is 1.74 bits per heavy atom. The monoisotopic (exact) mass is 535 g/mol. The van der Waals surface area contributed by atoms with Gasteiger partial charge >= 0.3 is 0 Å². The number of benzene rings is 3. The zero-order chi connectivity index (χ0) is 24.8. The summed E-state index contributed by atoms with van der Waals surface area (Å²) in [5.41, 5.74) is 2.66. The fourth-order valence-corrected chi connectivity index (χ4v) is 5.23. The predicted octanol–water partition coefficient (Wildman–Crippen LogP) is 7.83. The third kappa shape index (κ3) is 5.91. The molecule has 4 aromatic rings. The van der Waals surface area contributed by atoms with E-state index in [0.717, 1.165) is 44.9 Å². The van der Waals surface area contributed by atoms with Crippen molar-refractivity contribution in [2.24, 2.45) is 0 Å². The zero-order valence-corrected chi connectivity index (χ0v) is 21.8. The maximum absolute atomic E-state index is 13.5. The van der Waals surface area contributed by atoms with Gasteiger partial charge in [-0.25, -0.2) is 9.37 Å². The number of ether oxygens (including phenoxy) is 1. The Hall–Kier alpha value is -2.76. The van der Waals surface area contributed by atoms with E-state index in [-0.39, 0.29) is 11.7 Å². The SMILES string of the molecule is CCCCC(O)(CCc1ccc(F)cc1)C(c1ccccc1)c1cc2cc(Br)ccc2nc1OC. The first kappa shape index (κ1) is 25.3. The van der Waals surface area contributed by atoms with Crippen molar-refractivity contribution in [3.05, 3.63) is 106 Å². The molecule has 0 saturated carbocycles. The van der Waals surface area contributed by atoms with E-state index in [2.05, 4.69) is 41.1 Å². The van der Waals surface area contributed by atoms with E-state index in [0.29, 0.717) is 25.1 Å². The molecule has 0 fully saturated rings. The molecule has 182 valence electrons. The van der Waals surface area contributed by atoms with Gasteiger partial charge in [-0.15, -0.1) is 0 Å². The topological polar surface area (TPSA) is 42.4 Å². The number of hydrogen-bond acceptors (Lipinski definition) is 3. The van der Waals surface area contributed by atoms with Gasteiger partial charge in [-0.1, -0.05) is 78.2 Å². The molecule has 0 aliphatic heterocycles. The lowest BCUT2D eigenvalue weighted by molar-refractivity contribution is 0.00416. The second kappa shape index (κ2) is 11.3. The molecule has 5 heteroatoms. The van der Waals surface area contributed by atoms with Gasteiger partial charge in [0.15, 0.2) is 0 Å². The van der Waals surface area contributed by atoms with Crippen molar-refractivity contribution < 1.29 is 14.2 Å². The fourth-order valence-electron chi connectivity index (χ4n) is 4.85. The number of fused-ring (bicyclic) bond motifs is 1. The molecule has 35 heavy (non-hydrogen) atoms. The van der Waals surface area contributed by atoms with Crippen LogP contribution in [0.4, 0.5) is 4.39 Å². The number of halogens is 2. The molecule has 0 spiro atoms. The number of hydrogen-bond donors (Lipinski definition) is 1. The van der Waals surface area contributed by atoms with E-state index in [9.17, 15) is 9.50 Å². The number of aliphatic hydroxyl groups is 1. The molecule has 2 atom stereocenters. The molecule has 0 bridgehead atoms. The summed E-state index contributed by atoms with van der Waals surface area (Å²) in [7, 11) is 1.63. The zero-order valence-electron chi connectivity index (χ0n) is 20.2. The van der Waals surface area contributed by atoms with Crippen LogP contribution in [0.25, 0.3) is 10.9 Å². The Labute approximate surface area is 215 Å². The summed E-state index contributed by atoms with van der Waals surface area (Å²) in [6.45, 7) is 2.13. The molecule has 2 unspecified atom stereocenters. The minimum Gasteiger partial charge on any atom is -0.481 e. The first-order chi connectivity index (χ1) is 16.9. The van der Waals surface area contributed by atoms with Crippen molar-refractivity contribution in [1.82, 2.24) is 4.98 Å². The Balaban J connectivity index is 1.85. The quantitative estimate of drug-likeness (QED) is 0.225. The second-order valence-corrected chi connectivity index (χ2v) is 10.0. The van der Waals surface area contributed by atoms with Crippen molar-refractivity contribution in [3.63, 3.8) is 0 Å². The molecule has 1 N–H and O–H groups in total. The summed E-state index contributed by atoms with van der Waals surface area (Å²) in [6, 6.07) is 24.7. The molecule has 3 nitrogen and oxygen atoms in total. The first-order valence-corrected chi connectivity index (χ1v) is 12.9. The Morgan fingerprint density at radius 1 is 1.00 bits per heavy atom. The van der Waals surface area contributed by atoms with Gasteiger partial charge in [-0.05, 0) is 66.8 Å². The molecule has 1 aromatic heterocycles. The maximum Gasteiger partial charge on any atom is 0.217 e. The molecule has 1 heterocycles. The number of rotatable bonds is 10. The van der Waals surface area contributed by atoms with Gasteiger partial charge in [0.2, 0.25) is 5.88 Å². The summed E-state index contributed by atoms with van der Waals surface area (Å²) < 4.78 is 20.2. The van der Waals surface area contributed by atoms with Gasteiger partial charge in [-0.2, -0.15) is 0 Å². The van der Waals surface area contributed by atoms with Crippen molar-refractivity contribution >= 4 is 26.8 Å². The van der Waals surface area contributed by atoms with Crippen LogP contribution in [-0.4, -0.2) is 22.8 Å². The van der Waals surface area contributed by atoms with Crippen molar-refractivity contribution in [3.8, 4) is 5.88 Å². The standard InChI is InChI=1S/C30H31BrFNO2/c1-3-4-17-30(34,18-16-21-10-13-25(32)14-11-21)28(22-8-6-5-7-9-22)26-20-23-19-24(31)12-15-27(23)33-29(26)35-2/h5-15,19-20,28,34H,3-4,16-18H2,1-2H3. The lowest BCUT2D eigenvalue weighted by Gasteiger charge is -2.38. The minimum absolute atomic E-state index is 0.254. The highest BCUT2D eigenvalue weighted by atomic mass is 79.9. The summed E-state index contributed by atoms with van der Waals surface area (Å²) in [4.78, 5) is 4.81. The van der Waals surface area contributed by atoms with Crippen LogP contribution in [0, 0.1) is 5.82 Å². The lowest BCUT2D eigenvalue weighted by Crippen LogP contribution is -2.38. The largest absolute Gasteiger partial charge is 0.481 e. The molecule has 0 amide bonds. The van der Waals surface area contributed by atoms with Gasteiger partial charge in [0.25, 0.3) is 0 Å². The number of pyridine rings is 1. The molecule has 3 aromatic carbocycles. The van der Waals surface area contributed by atoms with Crippen LogP contribution in [0.2, 0.25) is 0 Å². The van der Waals surface area contributed by atoms with Crippen LogP contribution < -0.4 is 4.74 Å². The molecule has 0 aliphatic carbocycles. The van der Waals surface area contributed by atoms with Crippen LogP contribution in [0.5, 0.6) is 5.88 Å². The molecular formula is C30H31BrFNO2. The van der Waals surface area contributed by atoms with E-state index >= 15 is 0 Å². The minimum atomic E-state index is -1.06. The van der Waals surface area contributed by atoms with Crippen LogP contribution in [0.1, 0.15) is 55.2 Å². The average Bonchev–Trinajstić information content (AvgIpc) is 2.87. The van der Waals surface area contributed by atoms with Crippen molar-refractivity contribution in [2.45, 2.75) is 50.5 Å². The van der Waals surface area contributed by atoms with Crippen molar-refractivity contribution in [2.75, 3.05) is 7.11 Å². The maximum atomic E-state index is 13.5. The molecule has 4 rings (SSSR count). The van der Waals surface area contributed by atoms with Gasteiger partial charge < -0.3 is 9.84 Å². The molecular weight excluding hydrogens is 505 g/mol. The predicted molar refractivity (Wildman–Crippen MR) is 143 cm³/mol. The highest BCUT2D eigenvalue weighted by Gasteiger charge is 2.40. The summed E-state index contributed by atoms with van der Waals surface area (Å²) in [5, 5.41) is 13.4. The third-order valence-electron chi connectivity index (χ3n) is 6.67. The Bertz CT molecular complexity index is 1260. The molecule has 0 aliphatic rings. The smallest absolute Gasteiger partial charge is 0.217 e. The first-order valence-electron chi connectivity index (χ1n) is 12.1. The van der Waals surface area contributed by atoms with Crippen LogP contribution in [0.15, 0.2) is 83.3 Å². The number of aryl methyl sites for hydroxylation is 1. The number of unbranched alkanes of at least 4 members (excludes halogenated alkanes) is 1. The average molecular weight is 536 g/mol.